The summed E-state index contributed by atoms with van der Waals surface area (Å²) in [6, 6.07) is 9.21. The molecule has 1 aromatic heterocycles. The minimum absolute atomic E-state index is 0.0242. The Bertz CT molecular complexity index is 1110. The number of likely N-dealkylation sites (tertiary alicyclic amines) is 1. The van der Waals surface area contributed by atoms with E-state index in [1.807, 2.05) is 26.8 Å². The van der Waals surface area contributed by atoms with Crippen LogP contribution >= 0.6 is 0 Å². The molecule has 2 aliphatic rings. The molecule has 9 nitrogen and oxygen atoms in total. The molecule has 2 amide bonds. The van der Waals surface area contributed by atoms with Crippen molar-refractivity contribution in [2.24, 2.45) is 5.92 Å². The van der Waals surface area contributed by atoms with Gasteiger partial charge in [-0.15, -0.1) is 0 Å². The lowest BCUT2D eigenvalue weighted by atomic mass is 10.1. The van der Waals surface area contributed by atoms with Gasteiger partial charge in [-0.25, -0.2) is 14.8 Å². The van der Waals surface area contributed by atoms with Gasteiger partial charge in [-0.05, 0) is 51.8 Å². The van der Waals surface area contributed by atoms with E-state index in [-0.39, 0.29) is 24.0 Å². The van der Waals surface area contributed by atoms with Gasteiger partial charge in [0.25, 0.3) is 0 Å². The number of ether oxygens (including phenoxy) is 2. The number of nitrogens with zero attached hydrogens (tertiary/aromatic N) is 4. The smallest absolute Gasteiger partial charge is 0.410 e. The fraction of sp³-hybridized carbons (Fsp3) is 0.480. The van der Waals surface area contributed by atoms with Crippen molar-refractivity contribution in [1.82, 2.24) is 14.9 Å². The zero-order valence-corrected chi connectivity index (χ0v) is 19.7. The molecular formula is C25H29N5O4. The van der Waals surface area contributed by atoms with Crippen LogP contribution in [0.15, 0.2) is 30.6 Å². The van der Waals surface area contributed by atoms with Gasteiger partial charge in [-0.1, -0.05) is 0 Å². The molecule has 2 heterocycles. The van der Waals surface area contributed by atoms with Crippen LogP contribution in [0.4, 0.5) is 10.6 Å². The molecule has 0 radical (unpaired) electrons. The first-order valence-corrected chi connectivity index (χ1v) is 11.5. The van der Waals surface area contributed by atoms with Gasteiger partial charge in [-0.3, -0.25) is 4.79 Å². The lowest BCUT2D eigenvalue weighted by Gasteiger charge is -2.33. The number of nitrogens with one attached hydrogen (secondary N) is 1. The molecule has 1 saturated carbocycles. The maximum absolute atomic E-state index is 12.3. The van der Waals surface area contributed by atoms with Crippen LogP contribution in [0.3, 0.4) is 0 Å². The van der Waals surface area contributed by atoms with Crippen LogP contribution in [0.5, 0.6) is 5.75 Å². The molecule has 0 bridgehead atoms. The first-order chi connectivity index (χ1) is 16.2. The topological polar surface area (TPSA) is 117 Å². The Hall–Kier alpha value is -3.67. The van der Waals surface area contributed by atoms with Crippen LogP contribution in [-0.4, -0.2) is 51.7 Å². The summed E-state index contributed by atoms with van der Waals surface area (Å²) >= 11 is 0. The van der Waals surface area contributed by atoms with E-state index in [2.05, 4.69) is 21.4 Å². The molecule has 9 heteroatoms. The van der Waals surface area contributed by atoms with E-state index in [9.17, 15) is 14.9 Å². The third-order valence-electron chi connectivity index (χ3n) is 5.65. The summed E-state index contributed by atoms with van der Waals surface area (Å²) in [5.74, 6) is 0.996. The molecule has 0 atom stereocenters. The SMILES string of the molecule is CC(C)(C)OC(=O)N1CCC(Oc2ccc(-c3cc(NC(=O)C4CC4)ncn3)cc2C#N)CC1. The highest BCUT2D eigenvalue weighted by Gasteiger charge is 2.30. The second kappa shape index (κ2) is 9.67. The third kappa shape index (κ3) is 6.01. The van der Waals surface area contributed by atoms with Gasteiger partial charge in [0.1, 0.15) is 35.7 Å². The number of amides is 2. The minimum atomic E-state index is -0.527. The largest absolute Gasteiger partial charge is 0.489 e. The Morgan fingerprint density at radius 3 is 2.50 bits per heavy atom. The van der Waals surface area contributed by atoms with Gasteiger partial charge in [0.15, 0.2) is 0 Å². The van der Waals surface area contributed by atoms with Crippen molar-refractivity contribution in [3.05, 3.63) is 36.2 Å². The highest BCUT2D eigenvalue weighted by molar-refractivity contribution is 5.93. The summed E-state index contributed by atoms with van der Waals surface area (Å²) in [6.07, 6.45) is 4.12. The summed E-state index contributed by atoms with van der Waals surface area (Å²) < 4.78 is 11.6. The Morgan fingerprint density at radius 1 is 1.12 bits per heavy atom. The quantitative estimate of drug-likeness (QED) is 0.708. The predicted octanol–water partition coefficient (Wildman–Crippen LogP) is 4.14. The van der Waals surface area contributed by atoms with E-state index < -0.39 is 5.60 Å². The van der Waals surface area contributed by atoms with Gasteiger partial charge in [0, 0.05) is 43.5 Å². The van der Waals surface area contributed by atoms with E-state index in [0.29, 0.717) is 48.8 Å². The molecule has 178 valence electrons. The number of carbonyl (C=O) groups is 2. The van der Waals surface area contributed by atoms with E-state index >= 15 is 0 Å². The molecule has 34 heavy (non-hydrogen) atoms. The fourth-order valence-corrected chi connectivity index (χ4v) is 3.70. The number of hydrogen-bond acceptors (Lipinski definition) is 7. The Labute approximate surface area is 199 Å². The van der Waals surface area contributed by atoms with Crippen LogP contribution in [-0.2, 0) is 9.53 Å². The molecule has 0 spiro atoms. The molecule has 1 aromatic carbocycles. The maximum Gasteiger partial charge on any atom is 0.410 e. The van der Waals surface area contributed by atoms with Gasteiger partial charge in [-0.2, -0.15) is 5.26 Å². The number of rotatable bonds is 5. The van der Waals surface area contributed by atoms with Crippen molar-refractivity contribution in [2.75, 3.05) is 18.4 Å². The molecule has 0 unspecified atom stereocenters. The monoisotopic (exact) mass is 463 g/mol. The molecule has 2 aromatic rings. The van der Waals surface area contributed by atoms with Crippen LogP contribution in [0.2, 0.25) is 0 Å². The van der Waals surface area contributed by atoms with Crippen LogP contribution < -0.4 is 10.1 Å². The van der Waals surface area contributed by atoms with Gasteiger partial charge in [0.2, 0.25) is 5.91 Å². The molecule has 4 rings (SSSR count). The first kappa shape index (κ1) is 23.5. The van der Waals surface area contributed by atoms with Crippen molar-refractivity contribution in [2.45, 2.75) is 58.2 Å². The zero-order chi connectivity index (χ0) is 24.3. The molecule has 2 fully saturated rings. The van der Waals surface area contributed by atoms with E-state index in [1.54, 1.807) is 23.1 Å². The highest BCUT2D eigenvalue weighted by atomic mass is 16.6. The molecule has 1 aliphatic carbocycles. The number of aromatic nitrogens is 2. The normalized spacial score (nSPS) is 16.5. The molecule has 1 saturated heterocycles. The average molecular weight is 464 g/mol. The fourth-order valence-electron chi connectivity index (χ4n) is 3.70. The number of anilines is 1. The van der Waals surface area contributed by atoms with Crippen molar-refractivity contribution < 1.29 is 19.1 Å². The van der Waals surface area contributed by atoms with E-state index in [4.69, 9.17) is 9.47 Å². The third-order valence-corrected chi connectivity index (χ3v) is 5.65. The first-order valence-electron chi connectivity index (χ1n) is 11.5. The average Bonchev–Trinajstić information content (AvgIpc) is 3.64. The summed E-state index contributed by atoms with van der Waals surface area (Å²) in [6.45, 7) is 6.62. The zero-order valence-electron chi connectivity index (χ0n) is 19.7. The lowest BCUT2D eigenvalue weighted by molar-refractivity contribution is -0.117. The van der Waals surface area contributed by atoms with E-state index in [0.717, 1.165) is 18.4 Å². The Kier molecular flexibility index (Phi) is 6.68. The molecule has 1 aliphatic heterocycles. The predicted molar refractivity (Wildman–Crippen MR) is 125 cm³/mol. The maximum atomic E-state index is 12.3. The highest BCUT2D eigenvalue weighted by Crippen LogP contribution is 2.31. The number of hydrogen-bond donors (Lipinski definition) is 1. The molecule has 1 N–H and O–H groups in total. The van der Waals surface area contributed by atoms with Crippen LogP contribution in [0.25, 0.3) is 11.3 Å². The summed E-state index contributed by atoms with van der Waals surface area (Å²) in [5, 5.41) is 12.5. The second-order valence-electron chi connectivity index (χ2n) is 9.66. The summed E-state index contributed by atoms with van der Waals surface area (Å²) in [4.78, 5) is 34.4. The minimum Gasteiger partial charge on any atom is -0.489 e. The van der Waals surface area contributed by atoms with Crippen molar-refractivity contribution >= 4 is 17.8 Å². The van der Waals surface area contributed by atoms with E-state index in [1.165, 1.54) is 6.33 Å². The lowest BCUT2D eigenvalue weighted by Crippen LogP contribution is -2.44. The van der Waals surface area contributed by atoms with Gasteiger partial charge < -0.3 is 19.7 Å². The summed E-state index contributed by atoms with van der Waals surface area (Å²) in [5.41, 5.74) is 1.21. The van der Waals surface area contributed by atoms with Crippen LogP contribution in [0.1, 0.15) is 52.0 Å². The van der Waals surface area contributed by atoms with Crippen molar-refractivity contribution in [3.8, 4) is 23.1 Å². The number of piperidine rings is 1. The van der Waals surface area contributed by atoms with Crippen molar-refractivity contribution in [1.29, 1.82) is 5.26 Å². The van der Waals surface area contributed by atoms with Crippen LogP contribution in [0, 0.1) is 17.2 Å². The number of nitriles is 1. The molecular weight excluding hydrogens is 434 g/mol. The van der Waals surface area contributed by atoms with Gasteiger partial charge in [0.05, 0.1) is 11.3 Å². The Balaban J connectivity index is 1.39. The number of benzene rings is 1. The standard InChI is InChI=1S/C25H29N5O4/c1-25(2,3)34-24(32)30-10-8-19(9-11-30)33-21-7-6-17(12-18(21)14-26)20-13-22(28-15-27-20)29-23(31)16-4-5-16/h6-7,12-13,15-16,19H,4-5,8-11H2,1-3H3,(H,27,28,29,31). The van der Waals surface area contributed by atoms with Gasteiger partial charge >= 0.3 is 6.09 Å². The summed E-state index contributed by atoms with van der Waals surface area (Å²) in [7, 11) is 0. The Morgan fingerprint density at radius 2 is 1.85 bits per heavy atom. The second-order valence-corrected chi connectivity index (χ2v) is 9.66. The number of carbonyl (C=O) groups excluding carboxylic acids is 2. The van der Waals surface area contributed by atoms with Crippen molar-refractivity contribution in [3.63, 3.8) is 0 Å².